The first-order chi connectivity index (χ1) is 8.96. The lowest BCUT2D eigenvalue weighted by molar-refractivity contribution is -0.137. The second kappa shape index (κ2) is 7.12. The Hall–Kier alpha value is -1.79. The second-order valence-electron chi connectivity index (χ2n) is 5.94. The van der Waals surface area contributed by atoms with Crippen molar-refractivity contribution >= 4 is 17.9 Å². The van der Waals surface area contributed by atoms with Gasteiger partial charge < -0.3 is 20.6 Å². The van der Waals surface area contributed by atoms with Crippen LogP contribution in [-0.4, -0.2) is 57.5 Å². The molecule has 3 amide bonds. The summed E-state index contributed by atoms with van der Waals surface area (Å²) in [6.07, 6.45) is -0.147. The lowest BCUT2D eigenvalue weighted by Gasteiger charge is -2.40. The summed E-state index contributed by atoms with van der Waals surface area (Å²) in [5.41, 5.74) is 4.61. The predicted molar refractivity (Wildman–Crippen MR) is 75.1 cm³/mol. The normalized spacial score (nSPS) is 11.3. The van der Waals surface area contributed by atoms with E-state index in [4.69, 9.17) is 10.8 Å². The van der Waals surface area contributed by atoms with Gasteiger partial charge in [0.1, 0.15) is 6.54 Å². The molecule has 0 fully saturated rings. The Bertz CT molecular complexity index is 374. The quantitative estimate of drug-likeness (QED) is 0.756. The molecule has 0 rings (SSSR count). The minimum Gasteiger partial charge on any atom is -0.481 e. The van der Waals surface area contributed by atoms with Crippen LogP contribution in [0.25, 0.3) is 0 Å². The maximum absolute atomic E-state index is 12.5. The number of carbonyl (C=O) groups excluding carboxylic acids is 2. The molecule has 0 heterocycles. The van der Waals surface area contributed by atoms with Crippen molar-refractivity contribution in [2.24, 2.45) is 5.73 Å². The van der Waals surface area contributed by atoms with Gasteiger partial charge in [0, 0.05) is 18.1 Å². The first-order valence-electron chi connectivity index (χ1n) is 6.55. The highest BCUT2D eigenvalue weighted by atomic mass is 16.4. The summed E-state index contributed by atoms with van der Waals surface area (Å²) in [5, 5.41) is 8.78. The van der Waals surface area contributed by atoms with E-state index >= 15 is 0 Å². The van der Waals surface area contributed by atoms with E-state index < -0.39 is 17.4 Å². The monoisotopic (exact) mass is 287 g/mol. The molecule has 0 aromatic heterocycles. The number of carboxylic acids is 1. The van der Waals surface area contributed by atoms with Crippen LogP contribution in [0.15, 0.2) is 0 Å². The third-order valence-corrected chi connectivity index (χ3v) is 2.79. The van der Waals surface area contributed by atoms with Gasteiger partial charge >= 0.3 is 12.0 Å². The molecular formula is C13H25N3O4. The topological polar surface area (TPSA) is 104 Å². The fourth-order valence-electron chi connectivity index (χ4n) is 1.72. The van der Waals surface area contributed by atoms with Crippen LogP contribution < -0.4 is 5.73 Å². The van der Waals surface area contributed by atoms with Crippen molar-refractivity contribution in [3.63, 3.8) is 0 Å². The lowest BCUT2D eigenvalue weighted by Crippen LogP contribution is -2.55. The molecule has 20 heavy (non-hydrogen) atoms. The Morgan fingerprint density at radius 2 is 1.70 bits per heavy atom. The van der Waals surface area contributed by atoms with Gasteiger partial charge in [-0.3, -0.25) is 9.59 Å². The minimum absolute atomic E-state index is 0.0830. The van der Waals surface area contributed by atoms with E-state index in [1.54, 1.807) is 13.8 Å². The molecule has 0 unspecified atom stereocenters. The molecule has 0 aliphatic carbocycles. The van der Waals surface area contributed by atoms with Crippen molar-refractivity contribution < 1.29 is 19.5 Å². The SMILES string of the molecule is CC(C)N(CC(N)=O)C(=O)N(CCC(=O)O)C(C)(C)C. The van der Waals surface area contributed by atoms with Gasteiger partial charge in [-0.15, -0.1) is 0 Å². The summed E-state index contributed by atoms with van der Waals surface area (Å²) in [4.78, 5) is 37.1. The maximum Gasteiger partial charge on any atom is 0.321 e. The Morgan fingerprint density at radius 3 is 2.00 bits per heavy atom. The summed E-state index contributed by atoms with van der Waals surface area (Å²) in [5.74, 6) is -1.57. The summed E-state index contributed by atoms with van der Waals surface area (Å²) in [7, 11) is 0. The van der Waals surface area contributed by atoms with Gasteiger partial charge in [-0.25, -0.2) is 4.79 Å². The highest BCUT2D eigenvalue weighted by Gasteiger charge is 2.32. The number of rotatable bonds is 6. The van der Waals surface area contributed by atoms with Crippen molar-refractivity contribution in [1.82, 2.24) is 9.80 Å². The molecule has 0 aliphatic rings. The molecule has 0 radical (unpaired) electrons. The summed E-state index contributed by atoms with van der Waals surface area (Å²) >= 11 is 0. The van der Waals surface area contributed by atoms with Crippen LogP contribution >= 0.6 is 0 Å². The second-order valence-corrected chi connectivity index (χ2v) is 5.94. The Morgan fingerprint density at radius 1 is 1.20 bits per heavy atom. The maximum atomic E-state index is 12.5. The number of nitrogens with two attached hydrogens (primary N) is 1. The Balaban J connectivity index is 5.17. The number of primary amides is 1. The van der Waals surface area contributed by atoms with Crippen LogP contribution in [0.3, 0.4) is 0 Å². The van der Waals surface area contributed by atoms with E-state index in [-0.39, 0.29) is 31.6 Å². The van der Waals surface area contributed by atoms with Gasteiger partial charge in [0.05, 0.1) is 6.42 Å². The molecule has 7 heteroatoms. The highest BCUT2D eigenvalue weighted by Crippen LogP contribution is 2.17. The molecule has 0 atom stereocenters. The van der Waals surface area contributed by atoms with Gasteiger partial charge in [-0.05, 0) is 34.6 Å². The molecule has 0 spiro atoms. The van der Waals surface area contributed by atoms with Gasteiger partial charge in [0.15, 0.2) is 0 Å². The van der Waals surface area contributed by atoms with Gasteiger partial charge in [-0.1, -0.05) is 0 Å². The smallest absolute Gasteiger partial charge is 0.321 e. The molecule has 116 valence electrons. The third-order valence-electron chi connectivity index (χ3n) is 2.79. The first kappa shape index (κ1) is 18.2. The van der Waals surface area contributed by atoms with Crippen molar-refractivity contribution in [3.8, 4) is 0 Å². The molecular weight excluding hydrogens is 262 g/mol. The highest BCUT2D eigenvalue weighted by molar-refractivity contribution is 5.83. The van der Waals surface area contributed by atoms with Crippen molar-refractivity contribution in [3.05, 3.63) is 0 Å². The average molecular weight is 287 g/mol. The van der Waals surface area contributed by atoms with E-state index in [1.807, 2.05) is 20.8 Å². The number of nitrogens with zero attached hydrogens (tertiary/aromatic N) is 2. The third kappa shape index (κ3) is 5.90. The van der Waals surface area contributed by atoms with Crippen LogP contribution in [-0.2, 0) is 9.59 Å². The molecule has 0 saturated carbocycles. The number of hydrogen-bond acceptors (Lipinski definition) is 3. The van der Waals surface area contributed by atoms with Crippen LogP contribution in [0.2, 0.25) is 0 Å². The van der Waals surface area contributed by atoms with E-state index in [2.05, 4.69) is 0 Å². The predicted octanol–water partition coefficient (Wildman–Crippen LogP) is 0.877. The number of carboxylic acid groups (broad SMARTS) is 1. The number of hydrogen-bond donors (Lipinski definition) is 2. The van der Waals surface area contributed by atoms with Crippen molar-refractivity contribution in [1.29, 1.82) is 0 Å². The lowest BCUT2D eigenvalue weighted by atomic mass is 10.1. The largest absolute Gasteiger partial charge is 0.481 e. The molecule has 0 aromatic rings. The summed E-state index contributed by atoms with van der Waals surface area (Å²) in [6, 6.07) is -0.586. The molecule has 7 nitrogen and oxygen atoms in total. The first-order valence-corrected chi connectivity index (χ1v) is 6.55. The van der Waals surface area contributed by atoms with Gasteiger partial charge in [0.25, 0.3) is 0 Å². The molecule has 0 saturated heterocycles. The van der Waals surface area contributed by atoms with E-state index in [0.717, 1.165) is 0 Å². The van der Waals surface area contributed by atoms with E-state index in [9.17, 15) is 14.4 Å². The molecule has 0 bridgehead atoms. The van der Waals surface area contributed by atoms with E-state index in [0.29, 0.717) is 0 Å². The summed E-state index contributed by atoms with van der Waals surface area (Å²) in [6.45, 7) is 8.90. The number of aliphatic carboxylic acids is 1. The van der Waals surface area contributed by atoms with Crippen LogP contribution in [0.1, 0.15) is 41.0 Å². The number of urea groups is 1. The van der Waals surface area contributed by atoms with E-state index in [1.165, 1.54) is 9.80 Å². The minimum atomic E-state index is -0.974. The number of carbonyl (C=O) groups is 3. The standard InChI is InChI=1S/C13H25N3O4/c1-9(2)15(8-10(14)17)12(20)16(13(3,4)5)7-6-11(18)19/h9H,6-8H2,1-5H3,(H2,14,17)(H,18,19). The summed E-state index contributed by atoms with van der Waals surface area (Å²) < 4.78 is 0. The van der Waals surface area contributed by atoms with Crippen LogP contribution in [0, 0.1) is 0 Å². The fourth-order valence-corrected chi connectivity index (χ4v) is 1.72. The van der Waals surface area contributed by atoms with Crippen LogP contribution in [0.4, 0.5) is 4.79 Å². The van der Waals surface area contributed by atoms with Gasteiger partial charge in [-0.2, -0.15) is 0 Å². The zero-order chi connectivity index (χ0) is 16.1. The van der Waals surface area contributed by atoms with Gasteiger partial charge in [0.2, 0.25) is 5.91 Å². The Kier molecular flexibility index (Phi) is 6.48. The average Bonchev–Trinajstić information content (AvgIpc) is 2.22. The fraction of sp³-hybridized carbons (Fsp3) is 0.769. The molecule has 0 aromatic carbocycles. The zero-order valence-electron chi connectivity index (χ0n) is 12.8. The molecule has 3 N–H and O–H groups in total. The zero-order valence-corrected chi connectivity index (χ0v) is 12.8. The molecule has 0 aliphatic heterocycles. The van der Waals surface area contributed by atoms with Crippen molar-refractivity contribution in [2.45, 2.75) is 52.6 Å². The Labute approximate surface area is 119 Å². The van der Waals surface area contributed by atoms with Crippen LogP contribution in [0.5, 0.6) is 0 Å². The van der Waals surface area contributed by atoms with Crippen molar-refractivity contribution in [2.75, 3.05) is 13.1 Å². The number of amides is 3.